The number of hydrogen-bond acceptors (Lipinski definition) is 5. The molecular formula is C5H3N3O3S. The average Bonchev–Trinajstić information content (AvgIpc) is 2.03. The summed E-state index contributed by atoms with van der Waals surface area (Å²) >= 11 is 0. The first-order valence-electron chi connectivity index (χ1n) is 2.81. The molecule has 0 saturated heterocycles. The van der Waals surface area contributed by atoms with Gasteiger partial charge in [0.05, 0.1) is 5.39 Å². The van der Waals surface area contributed by atoms with E-state index in [2.05, 4.69) is 9.96 Å². The summed E-state index contributed by atoms with van der Waals surface area (Å²) in [6.07, 6.45) is 1.21. The van der Waals surface area contributed by atoms with E-state index in [9.17, 15) is 13.0 Å². The molecule has 6 nitrogen and oxygen atoms in total. The topological polar surface area (TPSA) is 98.2 Å². The van der Waals surface area contributed by atoms with Gasteiger partial charge in [-0.25, -0.2) is 8.42 Å². The molecule has 0 aliphatic carbocycles. The Morgan fingerprint density at radius 2 is 2.25 bits per heavy atom. The highest BCUT2D eigenvalue weighted by molar-refractivity contribution is 7.85. The van der Waals surface area contributed by atoms with Crippen LogP contribution in [-0.2, 0) is 10.1 Å². The molecule has 0 N–H and O–H groups in total. The number of aromatic nitrogens is 1. The van der Waals surface area contributed by atoms with Gasteiger partial charge in [-0.15, -0.1) is 0 Å². The SMILES string of the molecule is N#[N+]c1ncccc1S(=O)(=O)[O-]. The number of pyridine rings is 1. The van der Waals surface area contributed by atoms with E-state index in [1.54, 1.807) is 0 Å². The van der Waals surface area contributed by atoms with Crippen molar-refractivity contribution < 1.29 is 13.0 Å². The molecule has 62 valence electrons. The highest BCUT2D eigenvalue weighted by Gasteiger charge is 2.18. The standard InChI is InChI=1S/C5H3N3O3S/c6-8-5-4(12(9,10)11)2-1-3-7-5/h1-3H. The third kappa shape index (κ3) is 1.55. The third-order valence-corrected chi connectivity index (χ3v) is 1.97. The van der Waals surface area contributed by atoms with Crippen LogP contribution < -0.4 is 0 Å². The molecule has 0 aliphatic heterocycles. The summed E-state index contributed by atoms with van der Waals surface area (Å²) in [7, 11) is -4.61. The van der Waals surface area contributed by atoms with Crippen LogP contribution in [0.2, 0.25) is 0 Å². The van der Waals surface area contributed by atoms with Gasteiger partial charge < -0.3 is 4.55 Å². The van der Waals surface area contributed by atoms with Gasteiger partial charge in [-0.3, -0.25) is 0 Å². The first kappa shape index (κ1) is 8.58. The second-order valence-electron chi connectivity index (χ2n) is 1.88. The van der Waals surface area contributed by atoms with Crippen molar-refractivity contribution in [2.45, 2.75) is 4.90 Å². The van der Waals surface area contributed by atoms with Crippen molar-refractivity contribution >= 4 is 15.9 Å². The highest BCUT2D eigenvalue weighted by atomic mass is 32.2. The van der Waals surface area contributed by atoms with Crippen LogP contribution in [0.3, 0.4) is 0 Å². The Labute approximate surface area is 68.2 Å². The molecule has 0 fully saturated rings. The Morgan fingerprint density at radius 3 is 2.67 bits per heavy atom. The summed E-state index contributed by atoms with van der Waals surface area (Å²) in [6, 6.07) is 2.28. The molecule has 7 heteroatoms. The molecule has 0 amide bonds. The number of nitrogens with zero attached hydrogens (tertiary/aromatic N) is 3. The fourth-order valence-electron chi connectivity index (χ4n) is 0.652. The van der Waals surface area contributed by atoms with E-state index in [4.69, 9.17) is 5.39 Å². The van der Waals surface area contributed by atoms with Gasteiger partial charge >= 0.3 is 5.82 Å². The first-order valence-corrected chi connectivity index (χ1v) is 4.22. The largest absolute Gasteiger partial charge is 0.744 e. The predicted molar refractivity (Wildman–Crippen MR) is 36.9 cm³/mol. The lowest BCUT2D eigenvalue weighted by Crippen LogP contribution is -1.98. The molecule has 1 rings (SSSR count). The van der Waals surface area contributed by atoms with Gasteiger partial charge in [0.2, 0.25) is 0 Å². The van der Waals surface area contributed by atoms with Gasteiger partial charge in [-0.1, -0.05) is 0 Å². The predicted octanol–water partition coefficient (Wildman–Crippen LogP) is 0.470. The Bertz CT molecular complexity index is 433. The summed E-state index contributed by atoms with van der Waals surface area (Å²) in [5.41, 5.74) is 0. The molecule has 0 atom stereocenters. The molecule has 0 spiro atoms. The quantitative estimate of drug-likeness (QED) is 0.467. The Morgan fingerprint density at radius 1 is 1.58 bits per heavy atom. The van der Waals surface area contributed by atoms with Crippen LogP contribution in [-0.4, -0.2) is 18.0 Å². The average molecular weight is 185 g/mol. The van der Waals surface area contributed by atoms with Gasteiger partial charge in [0.25, 0.3) is 0 Å². The maximum atomic E-state index is 10.4. The van der Waals surface area contributed by atoms with Gasteiger partial charge in [0.1, 0.15) is 16.3 Å². The molecule has 1 aromatic rings. The van der Waals surface area contributed by atoms with Crippen molar-refractivity contribution in [3.05, 3.63) is 23.3 Å². The molecule has 0 radical (unpaired) electrons. The van der Waals surface area contributed by atoms with Crippen LogP contribution in [0.5, 0.6) is 0 Å². The molecule has 1 aromatic heterocycles. The lowest BCUT2D eigenvalue weighted by molar-refractivity contribution is 0.463. The fourth-order valence-corrected chi connectivity index (χ4v) is 1.21. The van der Waals surface area contributed by atoms with Crippen LogP contribution in [0.4, 0.5) is 5.82 Å². The van der Waals surface area contributed by atoms with E-state index < -0.39 is 20.8 Å². The summed E-state index contributed by atoms with van der Waals surface area (Å²) in [5, 5.41) is 8.24. The van der Waals surface area contributed by atoms with E-state index in [0.29, 0.717) is 0 Å². The van der Waals surface area contributed by atoms with Crippen LogP contribution in [0.25, 0.3) is 4.98 Å². The van der Waals surface area contributed by atoms with Crippen LogP contribution in [0.1, 0.15) is 0 Å². The lowest BCUT2D eigenvalue weighted by atomic mass is 10.5. The van der Waals surface area contributed by atoms with Crippen molar-refractivity contribution in [3.8, 4) is 0 Å². The zero-order valence-electron chi connectivity index (χ0n) is 5.71. The summed E-state index contributed by atoms with van der Waals surface area (Å²) in [5.74, 6) is -0.493. The van der Waals surface area contributed by atoms with Gasteiger partial charge in [-0.2, -0.15) is 0 Å². The monoisotopic (exact) mass is 185 g/mol. The maximum Gasteiger partial charge on any atom is 0.482 e. The maximum absolute atomic E-state index is 10.4. The first-order chi connectivity index (χ1) is 5.55. The molecule has 0 aliphatic rings. The Balaban J connectivity index is 3.47. The van der Waals surface area contributed by atoms with Crippen molar-refractivity contribution in [1.82, 2.24) is 4.98 Å². The molecule has 0 unspecified atom stereocenters. The normalized spacial score (nSPS) is 10.7. The minimum Gasteiger partial charge on any atom is -0.744 e. The van der Waals surface area contributed by atoms with Gasteiger partial charge in [0, 0.05) is 4.98 Å². The molecule has 0 aromatic carbocycles. The van der Waals surface area contributed by atoms with E-state index >= 15 is 0 Å². The summed E-state index contributed by atoms with van der Waals surface area (Å²) in [4.78, 5) is 5.28. The Kier molecular flexibility index (Phi) is 2.03. The molecule has 12 heavy (non-hydrogen) atoms. The fraction of sp³-hybridized carbons (Fsp3) is 0. The molecule has 1 heterocycles. The van der Waals surface area contributed by atoms with Crippen LogP contribution in [0, 0.1) is 5.39 Å². The minimum absolute atomic E-state index is 0.493. The van der Waals surface area contributed by atoms with E-state index in [0.717, 1.165) is 6.07 Å². The van der Waals surface area contributed by atoms with Gasteiger partial charge in [-0.05, 0) is 17.1 Å². The molecule has 0 saturated carbocycles. The number of rotatable bonds is 1. The number of hydrogen-bond donors (Lipinski definition) is 0. The zero-order valence-corrected chi connectivity index (χ0v) is 6.52. The third-order valence-electron chi connectivity index (χ3n) is 1.11. The van der Waals surface area contributed by atoms with Gasteiger partial charge in [0.15, 0.2) is 4.90 Å². The van der Waals surface area contributed by atoms with E-state index in [1.165, 1.54) is 12.3 Å². The highest BCUT2D eigenvalue weighted by Crippen LogP contribution is 2.19. The van der Waals surface area contributed by atoms with Crippen LogP contribution in [0.15, 0.2) is 23.2 Å². The van der Waals surface area contributed by atoms with Crippen LogP contribution >= 0.6 is 0 Å². The van der Waals surface area contributed by atoms with Crippen molar-refractivity contribution in [2.24, 2.45) is 0 Å². The van der Waals surface area contributed by atoms with Crippen molar-refractivity contribution in [2.75, 3.05) is 0 Å². The van der Waals surface area contributed by atoms with E-state index in [1.807, 2.05) is 0 Å². The molecule has 0 bridgehead atoms. The second-order valence-corrected chi connectivity index (χ2v) is 3.23. The van der Waals surface area contributed by atoms with Crippen molar-refractivity contribution in [1.29, 1.82) is 5.39 Å². The minimum atomic E-state index is -4.61. The number of diazo groups is 1. The zero-order chi connectivity index (χ0) is 9.19. The smallest absolute Gasteiger partial charge is 0.482 e. The summed E-state index contributed by atoms with van der Waals surface area (Å²) in [6.45, 7) is 0. The van der Waals surface area contributed by atoms with Crippen molar-refractivity contribution in [3.63, 3.8) is 0 Å². The van der Waals surface area contributed by atoms with E-state index in [-0.39, 0.29) is 0 Å². The lowest BCUT2D eigenvalue weighted by Gasteiger charge is -2.01. The Hall–Kier alpha value is -1.52. The molecular weight excluding hydrogens is 182 g/mol. The summed E-state index contributed by atoms with van der Waals surface area (Å²) < 4.78 is 31.3. The second kappa shape index (κ2) is 2.84.